The Balaban J connectivity index is 2.58. The highest BCUT2D eigenvalue weighted by Crippen LogP contribution is 2.22. The van der Waals surface area contributed by atoms with E-state index in [2.05, 4.69) is 15.1 Å². The Morgan fingerprint density at radius 3 is 2.81 bits per heavy atom. The molecule has 6 nitrogen and oxygen atoms in total. The first-order chi connectivity index (χ1) is 7.65. The van der Waals surface area contributed by atoms with Crippen molar-refractivity contribution in [2.75, 3.05) is 0 Å². The van der Waals surface area contributed by atoms with Crippen LogP contribution in [0.2, 0.25) is 0 Å². The van der Waals surface area contributed by atoms with Gasteiger partial charge in [0.1, 0.15) is 12.7 Å². The number of carboxylic acid groups (broad SMARTS) is 1. The molecule has 0 saturated carbocycles. The number of aromatic nitrogens is 4. The molecule has 0 aliphatic carbocycles. The average Bonchev–Trinajstić information content (AvgIpc) is 2.82. The predicted octanol–water partition coefficient (Wildman–Crippen LogP) is 0.521. The zero-order valence-corrected chi connectivity index (χ0v) is 8.61. The van der Waals surface area contributed by atoms with Crippen LogP contribution in [-0.4, -0.2) is 30.8 Å². The van der Waals surface area contributed by atoms with Crippen molar-refractivity contribution in [1.29, 1.82) is 0 Å². The van der Waals surface area contributed by atoms with E-state index in [1.807, 2.05) is 0 Å². The summed E-state index contributed by atoms with van der Waals surface area (Å²) in [7, 11) is 0. The van der Waals surface area contributed by atoms with E-state index in [1.54, 1.807) is 24.4 Å². The maximum absolute atomic E-state index is 11.4. The molecule has 0 radical (unpaired) electrons. The molecule has 1 N–H and O–H groups in total. The molecular formula is C10H10N4O2. The summed E-state index contributed by atoms with van der Waals surface area (Å²) in [6, 6.07) is 5.11. The molecule has 0 saturated heterocycles. The molecule has 0 aliphatic heterocycles. The van der Waals surface area contributed by atoms with Gasteiger partial charge < -0.3 is 5.11 Å². The molecule has 0 spiro atoms. The first kappa shape index (κ1) is 10.3. The summed E-state index contributed by atoms with van der Waals surface area (Å²) < 4.78 is 1.28. The van der Waals surface area contributed by atoms with Crippen LogP contribution >= 0.6 is 0 Å². The van der Waals surface area contributed by atoms with Crippen molar-refractivity contribution in [3.63, 3.8) is 0 Å². The van der Waals surface area contributed by atoms with Crippen molar-refractivity contribution in [3.05, 3.63) is 42.7 Å². The zero-order chi connectivity index (χ0) is 11.6. The maximum Gasteiger partial charge on any atom is 0.337 e. The maximum atomic E-state index is 11.4. The molecule has 6 heteroatoms. The van der Waals surface area contributed by atoms with Crippen LogP contribution in [0.4, 0.5) is 0 Å². The molecular weight excluding hydrogens is 208 g/mol. The highest BCUT2D eigenvalue weighted by molar-refractivity contribution is 5.79. The van der Waals surface area contributed by atoms with Crippen LogP contribution in [0, 0.1) is 0 Å². The number of pyridine rings is 1. The summed E-state index contributed by atoms with van der Waals surface area (Å²) >= 11 is 0. The van der Waals surface area contributed by atoms with Crippen LogP contribution in [0.3, 0.4) is 0 Å². The Kier molecular flexibility index (Phi) is 2.40. The van der Waals surface area contributed by atoms with Gasteiger partial charge in [0.2, 0.25) is 0 Å². The van der Waals surface area contributed by atoms with E-state index in [-0.39, 0.29) is 0 Å². The monoisotopic (exact) mass is 218 g/mol. The summed E-state index contributed by atoms with van der Waals surface area (Å²) in [5.41, 5.74) is -0.925. The van der Waals surface area contributed by atoms with Gasteiger partial charge >= 0.3 is 5.97 Å². The van der Waals surface area contributed by atoms with Crippen LogP contribution in [-0.2, 0) is 10.3 Å². The molecule has 1 unspecified atom stereocenters. The quantitative estimate of drug-likeness (QED) is 0.812. The third-order valence-corrected chi connectivity index (χ3v) is 2.46. The van der Waals surface area contributed by atoms with E-state index in [9.17, 15) is 9.90 Å². The van der Waals surface area contributed by atoms with Gasteiger partial charge in [-0.1, -0.05) is 6.07 Å². The standard InChI is InChI=1S/C10H10N4O2/c1-10(9(15)16,14-7-11-6-13-14)8-4-2-3-5-12-8/h2-7H,1H3,(H,15,16). The molecule has 2 rings (SSSR count). The lowest BCUT2D eigenvalue weighted by Crippen LogP contribution is -2.41. The van der Waals surface area contributed by atoms with Crippen molar-refractivity contribution in [2.24, 2.45) is 0 Å². The fraction of sp³-hybridized carbons (Fsp3) is 0.200. The van der Waals surface area contributed by atoms with E-state index in [0.29, 0.717) is 5.69 Å². The van der Waals surface area contributed by atoms with Crippen LogP contribution in [0.1, 0.15) is 12.6 Å². The van der Waals surface area contributed by atoms with Crippen molar-refractivity contribution in [3.8, 4) is 0 Å². The number of hydrogen-bond donors (Lipinski definition) is 1. The molecule has 0 fully saturated rings. The number of nitrogens with zero attached hydrogens (tertiary/aromatic N) is 4. The summed E-state index contributed by atoms with van der Waals surface area (Å²) in [4.78, 5) is 19.2. The normalized spacial score (nSPS) is 14.3. The van der Waals surface area contributed by atoms with E-state index < -0.39 is 11.5 Å². The summed E-state index contributed by atoms with van der Waals surface area (Å²) in [6.07, 6.45) is 4.21. The first-order valence-corrected chi connectivity index (χ1v) is 4.65. The van der Waals surface area contributed by atoms with Crippen molar-refractivity contribution >= 4 is 5.97 Å². The zero-order valence-electron chi connectivity index (χ0n) is 8.61. The Morgan fingerprint density at radius 2 is 2.31 bits per heavy atom. The molecule has 2 aromatic heterocycles. The van der Waals surface area contributed by atoms with Crippen molar-refractivity contribution < 1.29 is 9.90 Å². The number of rotatable bonds is 3. The van der Waals surface area contributed by atoms with Gasteiger partial charge in [-0.05, 0) is 19.1 Å². The highest BCUT2D eigenvalue weighted by atomic mass is 16.4. The molecule has 0 aromatic carbocycles. The summed E-state index contributed by atoms with van der Waals surface area (Å²) in [5.74, 6) is -1.03. The Labute approximate surface area is 91.6 Å². The van der Waals surface area contributed by atoms with Crippen LogP contribution in [0.25, 0.3) is 0 Å². The molecule has 2 aromatic rings. The van der Waals surface area contributed by atoms with Crippen molar-refractivity contribution in [2.45, 2.75) is 12.5 Å². The van der Waals surface area contributed by atoms with E-state index >= 15 is 0 Å². The molecule has 82 valence electrons. The second kappa shape index (κ2) is 3.73. The minimum atomic E-state index is -1.34. The van der Waals surface area contributed by atoms with Gasteiger partial charge in [-0.25, -0.2) is 14.5 Å². The smallest absolute Gasteiger partial charge is 0.337 e. The van der Waals surface area contributed by atoms with Crippen LogP contribution < -0.4 is 0 Å². The SMILES string of the molecule is CC(C(=O)O)(c1ccccn1)n1cncn1. The van der Waals surface area contributed by atoms with Crippen LogP contribution in [0.15, 0.2) is 37.1 Å². The average molecular weight is 218 g/mol. The second-order valence-corrected chi connectivity index (χ2v) is 3.43. The lowest BCUT2D eigenvalue weighted by Gasteiger charge is -2.23. The number of carbonyl (C=O) groups is 1. The van der Waals surface area contributed by atoms with Gasteiger partial charge in [0.15, 0.2) is 5.54 Å². The topological polar surface area (TPSA) is 80.9 Å². The fourth-order valence-electron chi connectivity index (χ4n) is 1.41. The van der Waals surface area contributed by atoms with Crippen LogP contribution in [0.5, 0.6) is 0 Å². The minimum Gasteiger partial charge on any atom is -0.479 e. The minimum absolute atomic E-state index is 0.410. The number of carboxylic acids is 1. The van der Waals surface area contributed by atoms with Gasteiger partial charge in [0.05, 0.1) is 5.69 Å². The molecule has 16 heavy (non-hydrogen) atoms. The highest BCUT2D eigenvalue weighted by Gasteiger charge is 2.39. The third-order valence-electron chi connectivity index (χ3n) is 2.46. The van der Waals surface area contributed by atoms with Crippen molar-refractivity contribution in [1.82, 2.24) is 19.7 Å². The van der Waals surface area contributed by atoms with E-state index in [0.717, 1.165) is 0 Å². The predicted molar refractivity (Wildman–Crippen MR) is 54.6 cm³/mol. The molecule has 1 atom stereocenters. The van der Waals surface area contributed by atoms with Gasteiger partial charge in [0.25, 0.3) is 0 Å². The van der Waals surface area contributed by atoms with Gasteiger partial charge in [0, 0.05) is 6.20 Å². The largest absolute Gasteiger partial charge is 0.479 e. The molecule has 2 heterocycles. The van der Waals surface area contributed by atoms with Gasteiger partial charge in [-0.15, -0.1) is 0 Å². The fourth-order valence-corrected chi connectivity index (χ4v) is 1.41. The third kappa shape index (κ3) is 1.44. The molecule has 0 amide bonds. The summed E-state index contributed by atoms with van der Waals surface area (Å²) in [6.45, 7) is 1.53. The summed E-state index contributed by atoms with van der Waals surface area (Å²) in [5, 5.41) is 13.2. The first-order valence-electron chi connectivity index (χ1n) is 4.65. The number of hydrogen-bond acceptors (Lipinski definition) is 4. The number of aliphatic carboxylic acids is 1. The Morgan fingerprint density at radius 1 is 1.50 bits per heavy atom. The Hall–Kier alpha value is -2.24. The van der Waals surface area contributed by atoms with E-state index in [4.69, 9.17) is 0 Å². The van der Waals surface area contributed by atoms with Gasteiger partial charge in [-0.2, -0.15) is 5.10 Å². The van der Waals surface area contributed by atoms with Gasteiger partial charge in [-0.3, -0.25) is 4.98 Å². The molecule has 0 bridgehead atoms. The second-order valence-electron chi connectivity index (χ2n) is 3.43. The lowest BCUT2D eigenvalue weighted by atomic mass is 9.98. The Bertz CT molecular complexity index is 483. The van der Waals surface area contributed by atoms with E-state index in [1.165, 1.54) is 24.3 Å². The lowest BCUT2D eigenvalue weighted by molar-refractivity contribution is -0.145. The molecule has 0 aliphatic rings.